The summed E-state index contributed by atoms with van der Waals surface area (Å²) in [6, 6.07) is 4.98. The van der Waals surface area contributed by atoms with E-state index in [1.807, 2.05) is 6.07 Å². The van der Waals surface area contributed by atoms with Gasteiger partial charge in [-0.15, -0.1) is 0 Å². The Bertz CT molecular complexity index is 726. The van der Waals surface area contributed by atoms with Crippen molar-refractivity contribution in [3.05, 3.63) is 35.3 Å². The number of benzene rings is 1. The van der Waals surface area contributed by atoms with E-state index in [0.717, 1.165) is 67.6 Å². The molecule has 0 atom stereocenters. The van der Waals surface area contributed by atoms with Crippen LogP contribution in [0.1, 0.15) is 24.1 Å². The molecule has 22 heavy (non-hydrogen) atoms. The highest BCUT2D eigenvalue weighted by molar-refractivity contribution is 6.12. The molecule has 0 spiro atoms. The number of aromatic nitrogens is 1. The second kappa shape index (κ2) is 5.39. The Morgan fingerprint density at radius 2 is 1.95 bits per heavy atom. The molecule has 2 aromatic rings. The Balaban J connectivity index is 1.74. The van der Waals surface area contributed by atoms with E-state index in [-0.39, 0.29) is 5.82 Å². The third-order valence-corrected chi connectivity index (χ3v) is 4.71. The number of hydrogen-bond donors (Lipinski definition) is 1. The van der Waals surface area contributed by atoms with Crippen LogP contribution in [-0.2, 0) is 6.42 Å². The Labute approximate surface area is 129 Å². The first-order chi connectivity index (χ1) is 10.7. The van der Waals surface area contributed by atoms with E-state index < -0.39 is 0 Å². The molecule has 4 rings (SSSR count). The average molecular weight is 300 g/mol. The van der Waals surface area contributed by atoms with Gasteiger partial charge in [0.05, 0.1) is 5.71 Å². The maximum Gasteiger partial charge on any atom is 0.123 e. The van der Waals surface area contributed by atoms with Crippen LogP contribution in [0, 0.1) is 5.82 Å². The van der Waals surface area contributed by atoms with Crippen LogP contribution in [0.5, 0.6) is 0 Å². The molecule has 0 bridgehead atoms. The van der Waals surface area contributed by atoms with Gasteiger partial charge in [0.25, 0.3) is 0 Å². The summed E-state index contributed by atoms with van der Waals surface area (Å²) in [5.74, 6) is -0.182. The highest BCUT2D eigenvalue weighted by Gasteiger charge is 2.23. The molecule has 1 saturated heterocycles. The van der Waals surface area contributed by atoms with Crippen LogP contribution < -0.4 is 0 Å². The number of fused-ring (bicyclic) bond motifs is 3. The Hall–Kier alpha value is -1.88. The van der Waals surface area contributed by atoms with E-state index in [1.165, 1.54) is 11.8 Å². The van der Waals surface area contributed by atoms with Crippen LogP contribution >= 0.6 is 0 Å². The number of nitrogens with zero attached hydrogens (tertiary/aromatic N) is 3. The lowest BCUT2D eigenvalue weighted by Gasteiger charge is -2.31. The predicted molar refractivity (Wildman–Crippen MR) is 86.8 cm³/mol. The summed E-state index contributed by atoms with van der Waals surface area (Å²) < 4.78 is 13.6. The van der Waals surface area contributed by atoms with E-state index in [1.54, 1.807) is 6.07 Å². The zero-order chi connectivity index (χ0) is 15.1. The molecule has 0 radical (unpaired) electrons. The smallest absolute Gasteiger partial charge is 0.123 e. The number of halogens is 1. The summed E-state index contributed by atoms with van der Waals surface area (Å²) >= 11 is 0. The zero-order valence-electron chi connectivity index (χ0n) is 12.9. The molecule has 1 aromatic carbocycles. The van der Waals surface area contributed by atoms with Crippen LogP contribution in [0.3, 0.4) is 0 Å². The van der Waals surface area contributed by atoms with Gasteiger partial charge in [-0.25, -0.2) is 4.39 Å². The number of piperazine rings is 1. The largest absolute Gasteiger partial charge is 0.358 e. The fourth-order valence-corrected chi connectivity index (χ4v) is 3.46. The number of hydrazone groups is 1. The van der Waals surface area contributed by atoms with Gasteiger partial charge in [-0.2, -0.15) is 5.10 Å². The number of aromatic amines is 1. The van der Waals surface area contributed by atoms with Gasteiger partial charge in [0, 0.05) is 48.3 Å². The number of rotatable bonds is 1. The average Bonchev–Trinajstić information content (AvgIpc) is 2.88. The van der Waals surface area contributed by atoms with Crippen LogP contribution in [0.2, 0.25) is 0 Å². The lowest BCUT2D eigenvalue weighted by molar-refractivity contribution is 0.158. The van der Waals surface area contributed by atoms with E-state index in [9.17, 15) is 4.39 Å². The molecule has 1 aliphatic carbocycles. The first-order valence-electron chi connectivity index (χ1n) is 8.02. The predicted octanol–water partition coefficient (Wildman–Crippen LogP) is 2.59. The van der Waals surface area contributed by atoms with E-state index in [4.69, 9.17) is 5.10 Å². The molecule has 0 amide bonds. The second-order valence-corrected chi connectivity index (χ2v) is 6.33. The van der Waals surface area contributed by atoms with Gasteiger partial charge in [0.2, 0.25) is 0 Å². The summed E-state index contributed by atoms with van der Waals surface area (Å²) in [5.41, 5.74) is 4.47. The zero-order valence-corrected chi connectivity index (χ0v) is 12.9. The normalized spacial score (nSPS) is 21.5. The maximum atomic E-state index is 13.6. The van der Waals surface area contributed by atoms with Crippen molar-refractivity contribution in [3.63, 3.8) is 0 Å². The van der Waals surface area contributed by atoms with Crippen LogP contribution in [-0.4, -0.2) is 53.8 Å². The van der Waals surface area contributed by atoms with Crippen molar-refractivity contribution in [2.75, 3.05) is 33.2 Å². The Kier molecular flexibility index (Phi) is 3.37. The third-order valence-electron chi connectivity index (χ3n) is 4.71. The van der Waals surface area contributed by atoms with Crippen molar-refractivity contribution in [3.8, 4) is 0 Å². The fourth-order valence-electron chi connectivity index (χ4n) is 3.46. The van der Waals surface area contributed by atoms with Crippen molar-refractivity contribution >= 4 is 16.6 Å². The van der Waals surface area contributed by atoms with Gasteiger partial charge in [-0.05, 0) is 44.5 Å². The quantitative estimate of drug-likeness (QED) is 0.878. The van der Waals surface area contributed by atoms with Gasteiger partial charge < -0.3 is 9.88 Å². The monoisotopic (exact) mass is 300 g/mol. The molecular weight excluding hydrogens is 279 g/mol. The lowest BCUT2D eigenvalue weighted by atomic mass is 9.93. The molecule has 5 heteroatoms. The minimum Gasteiger partial charge on any atom is -0.358 e. The number of nitrogens with one attached hydrogen (secondary N) is 1. The molecule has 1 aromatic heterocycles. The number of aryl methyl sites for hydroxylation is 1. The minimum absolute atomic E-state index is 0.182. The molecule has 1 N–H and O–H groups in total. The summed E-state index contributed by atoms with van der Waals surface area (Å²) in [6.07, 6.45) is 3.10. The van der Waals surface area contributed by atoms with Crippen molar-refractivity contribution in [2.24, 2.45) is 5.10 Å². The van der Waals surface area contributed by atoms with Gasteiger partial charge in [-0.1, -0.05) is 0 Å². The van der Waals surface area contributed by atoms with Gasteiger partial charge in [-0.3, -0.25) is 5.01 Å². The van der Waals surface area contributed by atoms with Crippen LogP contribution in [0.15, 0.2) is 23.3 Å². The standard InChI is InChI=1S/C17H21FN4/c1-21-7-9-22(10-8-21)20-16-4-2-3-15-17(16)13-11-12(18)5-6-14(13)19-15/h5-6,11,19H,2-4,7-10H2,1H3/b20-16-. The molecule has 1 fully saturated rings. The fraction of sp³-hybridized carbons (Fsp3) is 0.471. The maximum absolute atomic E-state index is 13.6. The minimum atomic E-state index is -0.182. The van der Waals surface area contributed by atoms with E-state index in [2.05, 4.69) is 21.9 Å². The number of hydrogen-bond acceptors (Lipinski definition) is 3. The molecule has 4 nitrogen and oxygen atoms in total. The molecular formula is C17H21FN4. The topological polar surface area (TPSA) is 34.6 Å². The first-order valence-corrected chi connectivity index (χ1v) is 8.02. The van der Waals surface area contributed by atoms with E-state index >= 15 is 0 Å². The third kappa shape index (κ3) is 2.39. The highest BCUT2D eigenvalue weighted by atomic mass is 19.1. The number of H-pyrrole nitrogens is 1. The first kappa shape index (κ1) is 13.8. The summed E-state index contributed by atoms with van der Waals surface area (Å²) in [7, 11) is 2.14. The molecule has 116 valence electrons. The molecule has 0 saturated carbocycles. The van der Waals surface area contributed by atoms with E-state index in [0.29, 0.717) is 0 Å². The second-order valence-electron chi connectivity index (χ2n) is 6.33. The molecule has 2 aliphatic rings. The molecule has 2 heterocycles. The Morgan fingerprint density at radius 3 is 2.77 bits per heavy atom. The van der Waals surface area contributed by atoms with Gasteiger partial charge >= 0.3 is 0 Å². The highest BCUT2D eigenvalue weighted by Crippen LogP contribution is 2.30. The van der Waals surface area contributed by atoms with Crippen molar-refractivity contribution < 1.29 is 4.39 Å². The SMILES string of the molecule is CN1CCN(/N=C2/CCCc3[nH]c4ccc(F)cc4c32)CC1. The van der Waals surface area contributed by atoms with Crippen molar-refractivity contribution in [2.45, 2.75) is 19.3 Å². The summed E-state index contributed by atoms with van der Waals surface area (Å²) in [6.45, 7) is 4.02. The van der Waals surface area contributed by atoms with Crippen LogP contribution in [0.4, 0.5) is 4.39 Å². The number of likely N-dealkylation sites (N-methyl/N-ethyl adjacent to an activating group) is 1. The summed E-state index contributed by atoms with van der Waals surface area (Å²) in [4.78, 5) is 5.77. The van der Waals surface area contributed by atoms with Gasteiger partial charge in [0.1, 0.15) is 5.82 Å². The van der Waals surface area contributed by atoms with Gasteiger partial charge in [0.15, 0.2) is 0 Å². The summed E-state index contributed by atoms with van der Waals surface area (Å²) in [5, 5.41) is 8.05. The van der Waals surface area contributed by atoms with Crippen molar-refractivity contribution in [1.82, 2.24) is 14.9 Å². The molecule has 0 unspecified atom stereocenters. The lowest BCUT2D eigenvalue weighted by Crippen LogP contribution is -2.42. The van der Waals surface area contributed by atoms with Crippen LogP contribution in [0.25, 0.3) is 10.9 Å². The molecule has 1 aliphatic heterocycles. The van der Waals surface area contributed by atoms with Crippen molar-refractivity contribution in [1.29, 1.82) is 0 Å². The Morgan fingerprint density at radius 1 is 1.14 bits per heavy atom.